The fourth-order valence-corrected chi connectivity index (χ4v) is 7.03. The Kier molecular flexibility index (Phi) is 5.82. The molecule has 1 saturated heterocycles. The standard InChI is InChI=1S/C21H28N2O4S2/c1-14-15(2)17(4)21(18(5)16(14)3)28(24,25)22-19-8-10-20(11-9-19)29(26,27)23-12-6-7-13-23/h8-11,22H,6-7,12-13H2,1-5H3. The summed E-state index contributed by atoms with van der Waals surface area (Å²) in [5.41, 5.74) is 4.80. The topological polar surface area (TPSA) is 83.5 Å². The van der Waals surface area contributed by atoms with E-state index in [1.165, 1.54) is 28.6 Å². The van der Waals surface area contributed by atoms with Gasteiger partial charge in [-0.05, 0) is 99.5 Å². The van der Waals surface area contributed by atoms with Crippen molar-refractivity contribution in [3.63, 3.8) is 0 Å². The van der Waals surface area contributed by atoms with Crippen LogP contribution >= 0.6 is 0 Å². The van der Waals surface area contributed by atoms with Crippen LogP contribution in [-0.2, 0) is 20.0 Å². The fraction of sp³-hybridized carbons (Fsp3) is 0.429. The first-order valence-corrected chi connectivity index (χ1v) is 12.6. The molecule has 1 N–H and O–H groups in total. The minimum Gasteiger partial charge on any atom is -0.280 e. The van der Waals surface area contributed by atoms with Crippen molar-refractivity contribution in [2.45, 2.75) is 57.3 Å². The zero-order valence-electron chi connectivity index (χ0n) is 17.5. The van der Waals surface area contributed by atoms with Crippen molar-refractivity contribution in [2.24, 2.45) is 0 Å². The molecule has 0 unspecified atom stereocenters. The Labute approximate surface area is 174 Å². The van der Waals surface area contributed by atoms with Crippen LogP contribution in [0.4, 0.5) is 5.69 Å². The third kappa shape index (κ3) is 3.93. The van der Waals surface area contributed by atoms with Crippen LogP contribution in [0.25, 0.3) is 0 Å². The molecule has 1 heterocycles. The third-order valence-electron chi connectivity index (χ3n) is 6.01. The number of nitrogens with zero attached hydrogens (tertiary/aromatic N) is 1. The summed E-state index contributed by atoms with van der Waals surface area (Å²) in [6, 6.07) is 5.91. The van der Waals surface area contributed by atoms with Gasteiger partial charge in [-0.3, -0.25) is 4.72 Å². The number of anilines is 1. The number of rotatable bonds is 5. The molecule has 0 saturated carbocycles. The van der Waals surface area contributed by atoms with E-state index in [9.17, 15) is 16.8 Å². The first kappa shape index (κ1) is 21.8. The molecule has 6 nitrogen and oxygen atoms in total. The molecule has 29 heavy (non-hydrogen) atoms. The molecule has 0 amide bonds. The molecule has 1 aliphatic heterocycles. The lowest BCUT2D eigenvalue weighted by atomic mass is 9.95. The second kappa shape index (κ2) is 7.74. The monoisotopic (exact) mass is 436 g/mol. The van der Waals surface area contributed by atoms with Crippen LogP contribution < -0.4 is 4.72 Å². The molecular weight excluding hydrogens is 408 g/mol. The molecular formula is C21H28N2O4S2. The lowest BCUT2D eigenvalue weighted by molar-refractivity contribution is 0.477. The van der Waals surface area contributed by atoms with E-state index in [1.807, 2.05) is 34.6 Å². The Balaban J connectivity index is 1.93. The molecule has 158 valence electrons. The summed E-state index contributed by atoms with van der Waals surface area (Å²) in [6.45, 7) is 10.5. The van der Waals surface area contributed by atoms with Crippen molar-refractivity contribution in [2.75, 3.05) is 17.8 Å². The number of nitrogens with one attached hydrogen (secondary N) is 1. The third-order valence-corrected chi connectivity index (χ3v) is 9.58. The van der Waals surface area contributed by atoms with Gasteiger partial charge in [-0.2, -0.15) is 4.31 Å². The summed E-state index contributed by atoms with van der Waals surface area (Å²) in [5.74, 6) is 0. The van der Waals surface area contributed by atoms with Gasteiger partial charge in [0.2, 0.25) is 10.0 Å². The summed E-state index contributed by atoms with van der Waals surface area (Å²) in [5, 5.41) is 0. The summed E-state index contributed by atoms with van der Waals surface area (Å²) in [4.78, 5) is 0.462. The van der Waals surface area contributed by atoms with Crippen LogP contribution in [0.15, 0.2) is 34.1 Å². The number of benzene rings is 2. The van der Waals surface area contributed by atoms with Gasteiger partial charge in [0.1, 0.15) is 0 Å². The lowest BCUT2D eigenvalue weighted by Gasteiger charge is -2.19. The molecule has 0 aliphatic carbocycles. The van der Waals surface area contributed by atoms with Gasteiger partial charge in [-0.25, -0.2) is 16.8 Å². The maximum absolute atomic E-state index is 13.1. The van der Waals surface area contributed by atoms with Crippen molar-refractivity contribution in [3.05, 3.63) is 52.1 Å². The summed E-state index contributed by atoms with van der Waals surface area (Å²) < 4.78 is 55.6. The van der Waals surface area contributed by atoms with Crippen molar-refractivity contribution in [3.8, 4) is 0 Å². The van der Waals surface area contributed by atoms with Crippen LogP contribution in [-0.4, -0.2) is 34.2 Å². The molecule has 1 aliphatic rings. The smallest absolute Gasteiger partial charge is 0.262 e. The van der Waals surface area contributed by atoms with Gasteiger partial charge in [0.15, 0.2) is 0 Å². The number of hydrogen-bond donors (Lipinski definition) is 1. The van der Waals surface area contributed by atoms with Crippen molar-refractivity contribution in [1.82, 2.24) is 4.31 Å². The Morgan fingerprint density at radius 1 is 0.724 bits per heavy atom. The molecule has 3 rings (SSSR count). The fourth-order valence-electron chi connectivity index (χ4n) is 3.85. The SMILES string of the molecule is Cc1c(C)c(C)c(S(=O)(=O)Nc2ccc(S(=O)(=O)N3CCCC3)cc2)c(C)c1C. The highest BCUT2D eigenvalue weighted by atomic mass is 32.2. The highest BCUT2D eigenvalue weighted by Crippen LogP contribution is 2.31. The minimum absolute atomic E-state index is 0.178. The van der Waals surface area contributed by atoms with E-state index in [1.54, 1.807) is 0 Å². The number of hydrogen-bond acceptors (Lipinski definition) is 4. The maximum Gasteiger partial charge on any atom is 0.262 e. The Morgan fingerprint density at radius 3 is 1.66 bits per heavy atom. The van der Waals surface area contributed by atoms with Crippen LogP contribution in [0.3, 0.4) is 0 Å². The predicted octanol–water partition coefficient (Wildman–Crippen LogP) is 3.81. The molecule has 2 aromatic carbocycles. The molecule has 1 fully saturated rings. The van der Waals surface area contributed by atoms with Crippen molar-refractivity contribution < 1.29 is 16.8 Å². The van der Waals surface area contributed by atoms with E-state index >= 15 is 0 Å². The molecule has 0 atom stereocenters. The van der Waals surface area contributed by atoms with E-state index < -0.39 is 20.0 Å². The Morgan fingerprint density at radius 2 is 1.17 bits per heavy atom. The van der Waals surface area contributed by atoms with Gasteiger partial charge in [-0.1, -0.05) is 0 Å². The van der Waals surface area contributed by atoms with Crippen LogP contribution in [0, 0.1) is 34.6 Å². The van der Waals surface area contributed by atoms with Crippen molar-refractivity contribution in [1.29, 1.82) is 0 Å². The largest absolute Gasteiger partial charge is 0.280 e. The van der Waals surface area contributed by atoms with Gasteiger partial charge < -0.3 is 0 Å². The predicted molar refractivity (Wildman–Crippen MR) is 115 cm³/mol. The average molecular weight is 437 g/mol. The summed E-state index contributed by atoms with van der Waals surface area (Å²) >= 11 is 0. The highest BCUT2D eigenvalue weighted by Gasteiger charge is 2.27. The summed E-state index contributed by atoms with van der Waals surface area (Å²) in [6.07, 6.45) is 1.73. The van der Waals surface area contributed by atoms with Gasteiger partial charge in [0, 0.05) is 18.8 Å². The second-order valence-corrected chi connectivity index (χ2v) is 11.3. The molecule has 0 radical (unpaired) electrons. The maximum atomic E-state index is 13.1. The molecule has 0 bridgehead atoms. The summed E-state index contributed by atoms with van der Waals surface area (Å²) in [7, 11) is -7.33. The van der Waals surface area contributed by atoms with Gasteiger partial charge in [0.25, 0.3) is 10.0 Å². The minimum atomic E-state index is -3.81. The quantitative estimate of drug-likeness (QED) is 0.772. The molecule has 0 aromatic heterocycles. The highest BCUT2D eigenvalue weighted by molar-refractivity contribution is 7.92. The normalized spacial score (nSPS) is 15.6. The first-order chi connectivity index (χ1) is 13.5. The zero-order valence-corrected chi connectivity index (χ0v) is 19.2. The van der Waals surface area contributed by atoms with E-state index in [2.05, 4.69) is 4.72 Å². The van der Waals surface area contributed by atoms with E-state index in [-0.39, 0.29) is 9.79 Å². The second-order valence-electron chi connectivity index (χ2n) is 7.70. The van der Waals surface area contributed by atoms with Gasteiger partial charge >= 0.3 is 0 Å². The van der Waals surface area contributed by atoms with Crippen molar-refractivity contribution >= 4 is 25.7 Å². The molecule has 2 aromatic rings. The van der Waals surface area contributed by atoms with Gasteiger partial charge in [-0.15, -0.1) is 0 Å². The first-order valence-electron chi connectivity index (χ1n) is 9.67. The van der Waals surface area contributed by atoms with Crippen LogP contribution in [0.1, 0.15) is 40.7 Å². The Bertz CT molecular complexity index is 1120. The molecule has 8 heteroatoms. The van der Waals surface area contributed by atoms with E-state index in [0.29, 0.717) is 18.8 Å². The average Bonchev–Trinajstić information content (AvgIpc) is 3.20. The van der Waals surface area contributed by atoms with Gasteiger partial charge in [0.05, 0.1) is 9.79 Å². The van der Waals surface area contributed by atoms with Crippen LogP contribution in [0.2, 0.25) is 0 Å². The zero-order chi connectivity index (χ0) is 21.6. The molecule has 0 spiro atoms. The Hall–Kier alpha value is -1.90. The van der Waals surface area contributed by atoms with E-state index in [4.69, 9.17) is 0 Å². The van der Waals surface area contributed by atoms with E-state index in [0.717, 1.165) is 40.7 Å². The lowest BCUT2D eigenvalue weighted by Crippen LogP contribution is -2.27. The van der Waals surface area contributed by atoms with Crippen LogP contribution in [0.5, 0.6) is 0 Å². The number of sulfonamides is 2.